The summed E-state index contributed by atoms with van der Waals surface area (Å²) in [5.74, 6) is 0.398. The third kappa shape index (κ3) is 2.29. The molecule has 0 radical (unpaired) electrons. The zero-order valence-corrected chi connectivity index (χ0v) is 9.42. The Labute approximate surface area is 93.4 Å². The highest BCUT2D eigenvalue weighted by molar-refractivity contribution is 6.29. The van der Waals surface area contributed by atoms with Crippen molar-refractivity contribution < 1.29 is 0 Å². The highest BCUT2D eigenvalue weighted by atomic mass is 35.5. The molecule has 0 unspecified atom stereocenters. The van der Waals surface area contributed by atoms with Crippen molar-refractivity contribution in [3.8, 4) is 0 Å². The molecule has 15 heavy (non-hydrogen) atoms. The van der Waals surface area contributed by atoms with Gasteiger partial charge in [0.05, 0.1) is 6.54 Å². The van der Waals surface area contributed by atoms with Gasteiger partial charge in [0.2, 0.25) is 0 Å². The van der Waals surface area contributed by atoms with Gasteiger partial charge in [-0.2, -0.15) is 5.10 Å². The number of aromatic nitrogens is 2. The maximum atomic E-state index is 11.9. The minimum Gasteiger partial charge on any atom is -0.267 e. The fraction of sp³-hybridized carbons (Fsp3) is 0.455. The van der Waals surface area contributed by atoms with Crippen LogP contribution in [-0.4, -0.2) is 9.78 Å². The third-order valence-corrected chi connectivity index (χ3v) is 2.59. The molecule has 1 saturated carbocycles. The average Bonchev–Trinajstić information content (AvgIpc) is 2.92. The lowest BCUT2D eigenvalue weighted by Crippen LogP contribution is -2.26. The number of nitrogens with zero attached hydrogens (tertiary/aromatic N) is 2. The van der Waals surface area contributed by atoms with Crippen molar-refractivity contribution in [1.29, 1.82) is 0 Å². The van der Waals surface area contributed by atoms with Gasteiger partial charge in [0.25, 0.3) is 5.56 Å². The molecular formula is C11H13ClN2O. The van der Waals surface area contributed by atoms with E-state index in [-0.39, 0.29) is 5.56 Å². The number of halogens is 1. The van der Waals surface area contributed by atoms with Gasteiger partial charge >= 0.3 is 0 Å². The van der Waals surface area contributed by atoms with Crippen LogP contribution in [0, 0.1) is 0 Å². The van der Waals surface area contributed by atoms with Crippen molar-refractivity contribution in [3.63, 3.8) is 0 Å². The van der Waals surface area contributed by atoms with Gasteiger partial charge in [0.1, 0.15) is 5.15 Å². The quantitative estimate of drug-likeness (QED) is 0.739. The van der Waals surface area contributed by atoms with Gasteiger partial charge in [-0.05, 0) is 31.7 Å². The first-order valence-electron chi connectivity index (χ1n) is 5.00. The van der Waals surface area contributed by atoms with Crippen LogP contribution in [-0.2, 0) is 6.54 Å². The Balaban J connectivity index is 2.45. The van der Waals surface area contributed by atoms with Crippen LogP contribution in [0.15, 0.2) is 23.0 Å². The molecule has 1 aromatic heterocycles. The molecule has 0 amide bonds. The zero-order valence-electron chi connectivity index (χ0n) is 8.66. The van der Waals surface area contributed by atoms with Gasteiger partial charge in [-0.15, -0.1) is 0 Å². The number of allylic oxidation sites excluding steroid dienone is 1. The second-order valence-electron chi connectivity index (χ2n) is 4.12. The molecule has 1 aliphatic carbocycles. The maximum Gasteiger partial charge on any atom is 0.270 e. The van der Waals surface area contributed by atoms with Gasteiger partial charge in [0, 0.05) is 5.56 Å². The van der Waals surface area contributed by atoms with Crippen LogP contribution in [0.25, 0.3) is 0 Å². The Morgan fingerprint density at radius 1 is 1.73 bits per heavy atom. The molecule has 0 spiro atoms. The highest BCUT2D eigenvalue weighted by Crippen LogP contribution is 2.38. The van der Waals surface area contributed by atoms with Crippen molar-refractivity contribution in [2.45, 2.75) is 32.2 Å². The second kappa shape index (κ2) is 3.81. The summed E-state index contributed by atoms with van der Waals surface area (Å²) in [5.41, 5.74) is 1.68. The molecule has 0 bridgehead atoms. The summed E-state index contributed by atoms with van der Waals surface area (Å²) in [4.78, 5) is 11.9. The van der Waals surface area contributed by atoms with E-state index in [9.17, 15) is 4.79 Å². The van der Waals surface area contributed by atoms with Crippen LogP contribution >= 0.6 is 11.6 Å². The molecule has 1 aromatic rings. The lowest BCUT2D eigenvalue weighted by molar-refractivity contribution is 0.623. The van der Waals surface area contributed by atoms with E-state index in [1.165, 1.54) is 4.68 Å². The molecule has 0 aliphatic heterocycles. The largest absolute Gasteiger partial charge is 0.270 e. The summed E-state index contributed by atoms with van der Waals surface area (Å²) in [5, 5.41) is 4.38. The first-order valence-corrected chi connectivity index (χ1v) is 5.37. The third-order valence-electron chi connectivity index (χ3n) is 2.41. The summed E-state index contributed by atoms with van der Waals surface area (Å²) in [7, 11) is 0. The second-order valence-corrected chi connectivity index (χ2v) is 4.50. The minimum atomic E-state index is -0.0232. The molecule has 3 nitrogen and oxygen atoms in total. The normalized spacial score (nSPS) is 15.3. The molecule has 0 aromatic carbocycles. The molecule has 0 saturated heterocycles. The minimum absolute atomic E-state index is 0.0232. The van der Waals surface area contributed by atoms with Crippen molar-refractivity contribution in [1.82, 2.24) is 9.78 Å². The maximum absolute atomic E-state index is 11.9. The van der Waals surface area contributed by atoms with Crippen molar-refractivity contribution in [2.24, 2.45) is 0 Å². The fourth-order valence-corrected chi connectivity index (χ4v) is 1.79. The Kier molecular flexibility index (Phi) is 2.65. The Morgan fingerprint density at radius 2 is 2.40 bits per heavy atom. The molecule has 0 atom stereocenters. The topological polar surface area (TPSA) is 34.9 Å². The summed E-state index contributed by atoms with van der Waals surface area (Å²) < 4.78 is 1.40. The van der Waals surface area contributed by atoms with Crippen LogP contribution in [0.5, 0.6) is 0 Å². The summed E-state index contributed by atoms with van der Waals surface area (Å²) in [6, 6.07) is 1.69. The van der Waals surface area contributed by atoms with Gasteiger partial charge in [-0.3, -0.25) is 4.79 Å². The van der Waals surface area contributed by atoms with Crippen molar-refractivity contribution >= 4 is 11.6 Å². The van der Waals surface area contributed by atoms with Crippen LogP contribution < -0.4 is 5.56 Å². The standard InChI is InChI=1S/C11H13ClN2O/c1-7(2)6-14-11(15)9(8-3-4-8)5-10(12)13-14/h5,8H,1,3-4,6H2,2H3. The molecule has 4 heteroatoms. The van der Waals surface area contributed by atoms with Gasteiger partial charge in [-0.1, -0.05) is 23.8 Å². The molecule has 1 heterocycles. The van der Waals surface area contributed by atoms with E-state index in [0.29, 0.717) is 17.6 Å². The van der Waals surface area contributed by atoms with E-state index in [1.807, 2.05) is 6.92 Å². The van der Waals surface area contributed by atoms with Crippen molar-refractivity contribution in [3.05, 3.63) is 39.3 Å². The number of hydrogen-bond donors (Lipinski definition) is 0. The van der Waals surface area contributed by atoms with Gasteiger partial charge in [-0.25, -0.2) is 4.68 Å². The molecular weight excluding hydrogens is 212 g/mol. The Morgan fingerprint density at radius 3 is 2.93 bits per heavy atom. The van der Waals surface area contributed by atoms with E-state index in [1.54, 1.807) is 6.07 Å². The van der Waals surface area contributed by atoms with Crippen LogP contribution in [0.3, 0.4) is 0 Å². The first-order chi connectivity index (χ1) is 7.08. The average molecular weight is 225 g/mol. The Hall–Kier alpha value is -1.09. The first kappa shape index (κ1) is 10.4. The number of hydrogen-bond acceptors (Lipinski definition) is 2. The lowest BCUT2D eigenvalue weighted by atomic mass is 10.2. The SMILES string of the molecule is C=C(C)Cn1nc(Cl)cc(C2CC2)c1=O. The van der Waals surface area contributed by atoms with E-state index in [4.69, 9.17) is 11.6 Å². The summed E-state index contributed by atoms with van der Waals surface area (Å²) in [6.45, 7) is 6.08. The van der Waals surface area contributed by atoms with E-state index >= 15 is 0 Å². The zero-order chi connectivity index (χ0) is 11.0. The fourth-order valence-electron chi connectivity index (χ4n) is 1.58. The molecule has 0 N–H and O–H groups in total. The molecule has 1 fully saturated rings. The monoisotopic (exact) mass is 224 g/mol. The predicted molar refractivity (Wildman–Crippen MR) is 60.3 cm³/mol. The molecule has 80 valence electrons. The van der Waals surface area contributed by atoms with Crippen LogP contribution in [0.4, 0.5) is 0 Å². The molecule has 1 aliphatic rings. The highest BCUT2D eigenvalue weighted by Gasteiger charge is 2.27. The predicted octanol–water partition coefficient (Wildman–Crippen LogP) is 2.35. The van der Waals surface area contributed by atoms with Gasteiger partial charge in [0.15, 0.2) is 0 Å². The lowest BCUT2D eigenvalue weighted by Gasteiger charge is -2.06. The summed E-state index contributed by atoms with van der Waals surface area (Å²) >= 11 is 5.88. The Bertz CT molecular complexity index is 460. The van der Waals surface area contributed by atoms with E-state index in [2.05, 4.69) is 11.7 Å². The van der Waals surface area contributed by atoms with Crippen molar-refractivity contribution in [2.75, 3.05) is 0 Å². The van der Waals surface area contributed by atoms with Crippen LogP contribution in [0.2, 0.25) is 5.15 Å². The smallest absolute Gasteiger partial charge is 0.267 e. The number of rotatable bonds is 3. The van der Waals surface area contributed by atoms with Gasteiger partial charge < -0.3 is 0 Å². The van der Waals surface area contributed by atoms with Crippen LogP contribution in [0.1, 0.15) is 31.2 Å². The molecule has 2 rings (SSSR count). The van der Waals surface area contributed by atoms with E-state index < -0.39 is 0 Å². The van der Waals surface area contributed by atoms with E-state index in [0.717, 1.165) is 24.0 Å². The summed E-state index contributed by atoms with van der Waals surface area (Å²) in [6.07, 6.45) is 2.17.